The number of allylic oxidation sites excluding steroid dienone is 1. The standard InChI is InChI=1S/C36H61ClO2/c1-7-8-9-10-11-15-33(37)34(38)39-28-20-22-35(5)27(24-28)16-17-29-31-19-18-30(26(4)14-12-13-25(2)3)36(31,6)23-21-32(29)35/h16,25-26,28-33H,7-15,17-24H2,1-6H3/t26-,28+,29-,30+,31-,32-,33-,35+,36-/m1/s1. The number of hydrogen-bond acceptors (Lipinski definition) is 2. The highest BCUT2D eigenvalue weighted by Crippen LogP contribution is 2.67. The molecule has 9 atom stereocenters. The lowest BCUT2D eigenvalue weighted by Gasteiger charge is -2.58. The van der Waals surface area contributed by atoms with Crippen molar-refractivity contribution in [3.63, 3.8) is 0 Å². The van der Waals surface area contributed by atoms with Crippen molar-refractivity contribution in [2.24, 2.45) is 46.3 Å². The second kappa shape index (κ2) is 13.6. The molecule has 0 saturated heterocycles. The quantitative estimate of drug-likeness (QED) is 0.0968. The zero-order valence-corrected chi connectivity index (χ0v) is 27.2. The second-order valence-corrected chi connectivity index (χ2v) is 15.8. The molecule has 0 amide bonds. The van der Waals surface area contributed by atoms with Gasteiger partial charge in [0, 0.05) is 6.42 Å². The van der Waals surface area contributed by atoms with Crippen molar-refractivity contribution < 1.29 is 9.53 Å². The van der Waals surface area contributed by atoms with E-state index in [4.69, 9.17) is 16.3 Å². The number of carbonyl (C=O) groups excluding carboxylic acids is 1. The Morgan fingerprint density at radius 3 is 2.46 bits per heavy atom. The maximum absolute atomic E-state index is 12.8. The molecule has 4 rings (SSSR count). The van der Waals surface area contributed by atoms with Gasteiger partial charge in [-0.3, -0.25) is 4.79 Å². The number of esters is 1. The summed E-state index contributed by atoms with van der Waals surface area (Å²) >= 11 is 6.47. The highest BCUT2D eigenvalue weighted by atomic mass is 35.5. The molecule has 0 aliphatic heterocycles. The molecular weight excluding hydrogens is 500 g/mol. The van der Waals surface area contributed by atoms with Crippen molar-refractivity contribution in [1.82, 2.24) is 0 Å². The number of unbranched alkanes of at least 4 members (excludes halogenated alkanes) is 4. The normalized spacial score (nSPS) is 37.4. The number of ether oxygens (including phenoxy) is 1. The molecule has 0 bridgehead atoms. The first-order valence-corrected chi connectivity index (χ1v) is 17.6. The Hall–Kier alpha value is -0.500. The Kier molecular flexibility index (Phi) is 11.0. The molecule has 3 saturated carbocycles. The third-order valence-corrected chi connectivity index (χ3v) is 12.8. The van der Waals surface area contributed by atoms with E-state index in [2.05, 4.69) is 47.6 Å². The van der Waals surface area contributed by atoms with E-state index in [1.165, 1.54) is 83.5 Å². The van der Waals surface area contributed by atoms with Crippen molar-refractivity contribution in [3.05, 3.63) is 11.6 Å². The molecule has 224 valence electrons. The molecule has 0 heterocycles. The van der Waals surface area contributed by atoms with E-state index >= 15 is 0 Å². The average Bonchev–Trinajstić information content (AvgIpc) is 3.25. The summed E-state index contributed by atoms with van der Waals surface area (Å²) in [7, 11) is 0. The molecular formula is C36H61ClO2. The average molecular weight is 561 g/mol. The van der Waals surface area contributed by atoms with Gasteiger partial charge in [0.2, 0.25) is 0 Å². The van der Waals surface area contributed by atoms with Gasteiger partial charge in [0.25, 0.3) is 0 Å². The molecule has 0 aromatic carbocycles. The zero-order valence-electron chi connectivity index (χ0n) is 26.4. The molecule has 0 aromatic rings. The van der Waals surface area contributed by atoms with Crippen LogP contribution in [0.5, 0.6) is 0 Å². The van der Waals surface area contributed by atoms with E-state index in [1.807, 2.05) is 0 Å². The van der Waals surface area contributed by atoms with Crippen LogP contribution in [0.1, 0.15) is 151 Å². The van der Waals surface area contributed by atoms with Gasteiger partial charge < -0.3 is 4.74 Å². The van der Waals surface area contributed by atoms with Gasteiger partial charge in [-0.2, -0.15) is 0 Å². The monoisotopic (exact) mass is 560 g/mol. The Morgan fingerprint density at radius 1 is 0.949 bits per heavy atom. The summed E-state index contributed by atoms with van der Waals surface area (Å²) in [6, 6.07) is 0. The van der Waals surface area contributed by atoms with Crippen molar-refractivity contribution in [2.45, 2.75) is 162 Å². The first kappa shape index (κ1) is 31.4. The highest BCUT2D eigenvalue weighted by molar-refractivity contribution is 6.29. The fraction of sp³-hybridized carbons (Fsp3) is 0.917. The van der Waals surface area contributed by atoms with Crippen LogP contribution in [-0.4, -0.2) is 17.5 Å². The maximum atomic E-state index is 12.8. The SMILES string of the molecule is CCCCCCC[C@@H](Cl)C(=O)O[C@H]1CC[C@@]2(C)C(=CC[C@@H]3[C@H]4CC[C@@H]([C@H](C)CCCC(C)C)[C@@]4(C)CC[C@H]32)C1. The molecule has 4 aliphatic carbocycles. The van der Waals surface area contributed by atoms with Gasteiger partial charge in [0.1, 0.15) is 11.5 Å². The largest absolute Gasteiger partial charge is 0.461 e. The minimum atomic E-state index is -0.483. The van der Waals surface area contributed by atoms with Crippen molar-refractivity contribution in [2.75, 3.05) is 0 Å². The highest BCUT2D eigenvalue weighted by Gasteiger charge is 2.59. The molecule has 2 nitrogen and oxygen atoms in total. The summed E-state index contributed by atoms with van der Waals surface area (Å²) in [5, 5.41) is -0.483. The van der Waals surface area contributed by atoms with E-state index in [-0.39, 0.29) is 12.1 Å². The van der Waals surface area contributed by atoms with Crippen molar-refractivity contribution in [3.8, 4) is 0 Å². The van der Waals surface area contributed by atoms with E-state index in [0.717, 1.165) is 61.2 Å². The number of rotatable bonds is 13. The summed E-state index contributed by atoms with van der Waals surface area (Å²) in [4.78, 5) is 12.8. The fourth-order valence-electron chi connectivity index (χ4n) is 10.0. The summed E-state index contributed by atoms with van der Waals surface area (Å²) < 4.78 is 6.02. The predicted octanol–water partition coefficient (Wildman–Crippen LogP) is 10.9. The van der Waals surface area contributed by atoms with Gasteiger partial charge in [-0.25, -0.2) is 0 Å². The first-order valence-electron chi connectivity index (χ1n) is 17.1. The van der Waals surface area contributed by atoms with Crippen LogP contribution in [0.15, 0.2) is 11.6 Å². The van der Waals surface area contributed by atoms with Gasteiger partial charge in [-0.1, -0.05) is 105 Å². The maximum Gasteiger partial charge on any atom is 0.324 e. The minimum Gasteiger partial charge on any atom is -0.461 e. The second-order valence-electron chi connectivity index (χ2n) is 15.3. The number of hydrogen-bond donors (Lipinski definition) is 0. The van der Waals surface area contributed by atoms with Crippen LogP contribution in [0.2, 0.25) is 0 Å². The third-order valence-electron chi connectivity index (χ3n) is 12.4. The van der Waals surface area contributed by atoms with Crippen LogP contribution in [-0.2, 0) is 9.53 Å². The molecule has 4 aliphatic rings. The van der Waals surface area contributed by atoms with Gasteiger partial charge in [0.05, 0.1) is 0 Å². The lowest BCUT2D eigenvalue weighted by atomic mass is 9.47. The van der Waals surface area contributed by atoms with Gasteiger partial charge >= 0.3 is 5.97 Å². The van der Waals surface area contributed by atoms with Crippen LogP contribution < -0.4 is 0 Å². The van der Waals surface area contributed by atoms with Gasteiger partial charge in [-0.15, -0.1) is 11.6 Å². The van der Waals surface area contributed by atoms with Gasteiger partial charge in [0.15, 0.2) is 0 Å². The molecule has 0 N–H and O–H groups in total. The molecule has 0 aromatic heterocycles. The third kappa shape index (κ3) is 6.94. The summed E-state index contributed by atoms with van der Waals surface area (Å²) in [6.07, 6.45) is 23.6. The summed E-state index contributed by atoms with van der Waals surface area (Å²) in [6.45, 7) is 14.8. The van der Waals surface area contributed by atoms with Gasteiger partial charge in [-0.05, 0) is 97.7 Å². The fourth-order valence-corrected chi connectivity index (χ4v) is 10.2. The van der Waals surface area contributed by atoms with Crippen LogP contribution in [0, 0.1) is 46.3 Å². The molecule has 0 unspecified atom stereocenters. The lowest BCUT2D eigenvalue weighted by molar-refractivity contribution is -0.151. The Bertz CT molecular complexity index is 834. The molecule has 39 heavy (non-hydrogen) atoms. The number of halogens is 1. The topological polar surface area (TPSA) is 26.3 Å². The molecule has 0 spiro atoms. The number of alkyl halides is 1. The van der Waals surface area contributed by atoms with Crippen LogP contribution in [0.4, 0.5) is 0 Å². The zero-order chi connectivity index (χ0) is 28.2. The van der Waals surface area contributed by atoms with Crippen molar-refractivity contribution >= 4 is 17.6 Å². The number of carbonyl (C=O) groups is 1. The minimum absolute atomic E-state index is 0.0196. The summed E-state index contributed by atoms with van der Waals surface area (Å²) in [5.41, 5.74) is 2.44. The van der Waals surface area contributed by atoms with Crippen LogP contribution in [0.3, 0.4) is 0 Å². The predicted molar refractivity (Wildman–Crippen MR) is 166 cm³/mol. The molecule has 0 radical (unpaired) electrons. The van der Waals surface area contributed by atoms with Crippen molar-refractivity contribution in [1.29, 1.82) is 0 Å². The van der Waals surface area contributed by atoms with E-state index in [1.54, 1.807) is 5.57 Å². The Morgan fingerprint density at radius 2 is 1.72 bits per heavy atom. The van der Waals surface area contributed by atoms with E-state index in [9.17, 15) is 4.79 Å². The van der Waals surface area contributed by atoms with E-state index < -0.39 is 5.38 Å². The lowest BCUT2D eigenvalue weighted by Crippen LogP contribution is -2.51. The first-order chi connectivity index (χ1) is 18.6. The van der Waals surface area contributed by atoms with E-state index in [0.29, 0.717) is 10.8 Å². The molecule has 3 fully saturated rings. The molecule has 3 heteroatoms. The van der Waals surface area contributed by atoms with Crippen LogP contribution >= 0.6 is 11.6 Å². The summed E-state index contributed by atoms with van der Waals surface area (Å²) in [5.74, 6) is 5.00. The smallest absolute Gasteiger partial charge is 0.324 e. The number of fused-ring (bicyclic) bond motifs is 5. The van der Waals surface area contributed by atoms with Crippen LogP contribution in [0.25, 0.3) is 0 Å². The Labute approximate surface area is 246 Å². The Balaban J connectivity index is 1.33.